The normalized spacial score (nSPS) is 19.2. The maximum Gasteiger partial charge on any atom is 0.303 e. The summed E-state index contributed by atoms with van der Waals surface area (Å²) in [6.07, 6.45) is 1.21. The molecule has 0 radical (unpaired) electrons. The number of imidazole rings is 1. The van der Waals surface area contributed by atoms with E-state index in [0.717, 1.165) is 22.4 Å². The number of hydrogen-bond acceptors (Lipinski definition) is 3. The van der Waals surface area contributed by atoms with E-state index in [0.29, 0.717) is 31.5 Å². The van der Waals surface area contributed by atoms with Gasteiger partial charge in [0.25, 0.3) is 5.91 Å². The summed E-state index contributed by atoms with van der Waals surface area (Å²) < 4.78 is 13.5. The second kappa shape index (κ2) is 8.26. The molecule has 3 aromatic rings. The first-order chi connectivity index (χ1) is 14.4. The number of nitrogens with zero attached hydrogens (tertiary/aromatic N) is 2. The largest absolute Gasteiger partial charge is 0.481 e. The number of aromatic nitrogens is 2. The highest BCUT2D eigenvalue weighted by Crippen LogP contribution is 2.30. The van der Waals surface area contributed by atoms with Crippen LogP contribution in [0.1, 0.15) is 34.6 Å². The van der Waals surface area contributed by atoms with E-state index in [1.54, 1.807) is 11.0 Å². The lowest BCUT2D eigenvalue weighted by Crippen LogP contribution is -2.45. The Bertz CT molecular complexity index is 1090. The molecule has 2 atom stereocenters. The van der Waals surface area contributed by atoms with E-state index in [1.807, 2.05) is 25.1 Å². The number of rotatable bonds is 5. The lowest BCUT2D eigenvalue weighted by atomic mass is 9.81. The number of hydrogen-bond donors (Lipinski definition) is 2. The number of piperidine rings is 1. The number of aromatic amines is 1. The number of nitrogens with one attached hydrogen (secondary N) is 1. The van der Waals surface area contributed by atoms with Crippen molar-refractivity contribution in [3.8, 4) is 0 Å². The van der Waals surface area contributed by atoms with Crippen LogP contribution in [0.4, 0.5) is 4.39 Å². The number of halogens is 1. The Balaban J connectivity index is 1.55. The molecule has 4 rings (SSSR count). The Morgan fingerprint density at radius 3 is 2.83 bits per heavy atom. The Labute approximate surface area is 173 Å². The van der Waals surface area contributed by atoms with Gasteiger partial charge >= 0.3 is 5.97 Å². The zero-order chi connectivity index (χ0) is 21.3. The fourth-order valence-electron chi connectivity index (χ4n) is 4.31. The van der Waals surface area contributed by atoms with Gasteiger partial charge in [-0.25, -0.2) is 9.37 Å². The SMILES string of the molecule is Cc1ccc2nc(CC3CN(C(=O)c4cccc(F)c4)CCC3CC(=O)O)[nH]c2c1. The molecule has 1 fully saturated rings. The second-order valence-electron chi connectivity index (χ2n) is 8.08. The van der Waals surface area contributed by atoms with E-state index >= 15 is 0 Å². The van der Waals surface area contributed by atoms with E-state index in [2.05, 4.69) is 9.97 Å². The zero-order valence-electron chi connectivity index (χ0n) is 16.8. The van der Waals surface area contributed by atoms with Gasteiger partial charge in [0.05, 0.1) is 11.0 Å². The summed E-state index contributed by atoms with van der Waals surface area (Å²) in [5.74, 6) is -0.821. The van der Waals surface area contributed by atoms with Crippen LogP contribution in [0.25, 0.3) is 11.0 Å². The number of carbonyl (C=O) groups excluding carboxylic acids is 1. The molecule has 30 heavy (non-hydrogen) atoms. The van der Waals surface area contributed by atoms with Crippen molar-refractivity contribution in [3.05, 3.63) is 65.2 Å². The lowest BCUT2D eigenvalue weighted by molar-refractivity contribution is -0.139. The maximum atomic E-state index is 13.5. The van der Waals surface area contributed by atoms with Gasteiger partial charge in [-0.2, -0.15) is 0 Å². The number of H-pyrrole nitrogens is 1. The van der Waals surface area contributed by atoms with E-state index < -0.39 is 11.8 Å². The number of fused-ring (bicyclic) bond motifs is 1. The summed E-state index contributed by atoms with van der Waals surface area (Å²) in [6.45, 7) is 2.90. The van der Waals surface area contributed by atoms with Crippen LogP contribution in [-0.4, -0.2) is 44.9 Å². The first-order valence-electron chi connectivity index (χ1n) is 10.1. The summed E-state index contributed by atoms with van der Waals surface area (Å²) in [5, 5.41) is 9.33. The molecule has 2 heterocycles. The smallest absolute Gasteiger partial charge is 0.303 e. The van der Waals surface area contributed by atoms with Gasteiger partial charge in [-0.05, 0) is 61.1 Å². The van der Waals surface area contributed by atoms with Crippen LogP contribution in [0.5, 0.6) is 0 Å². The first kappa shape index (κ1) is 20.1. The van der Waals surface area contributed by atoms with Gasteiger partial charge in [0.2, 0.25) is 0 Å². The molecule has 1 saturated heterocycles. The minimum atomic E-state index is -0.838. The van der Waals surface area contributed by atoms with Crippen molar-refractivity contribution in [2.24, 2.45) is 11.8 Å². The molecule has 0 aliphatic carbocycles. The number of carboxylic acids is 1. The predicted molar refractivity (Wildman–Crippen MR) is 111 cm³/mol. The fourth-order valence-corrected chi connectivity index (χ4v) is 4.31. The number of benzene rings is 2. The molecule has 7 heteroatoms. The number of carboxylic acid groups (broad SMARTS) is 1. The zero-order valence-corrected chi connectivity index (χ0v) is 16.8. The van der Waals surface area contributed by atoms with Crippen molar-refractivity contribution in [2.75, 3.05) is 13.1 Å². The van der Waals surface area contributed by atoms with Gasteiger partial charge in [-0.15, -0.1) is 0 Å². The van der Waals surface area contributed by atoms with Crippen LogP contribution in [0, 0.1) is 24.6 Å². The predicted octanol–water partition coefficient (Wildman–Crippen LogP) is 3.81. The molecule has 0 spiro atoms. The molecule has 0 bridgehead atoms. The summed E-state index contributed by atoms with van der Waals surface area (Å²) in [7, 11) is 0. The lowest BCUT2D eigenvalue weighted by Gasteiger charge is -2.38. The Kier molecular flexibility index (Phi) is 5.53. The highest BCUT2D eigenvalue weighted by atomic mass is 19.1. The molecule has 1 aliphatic heterocycles. The molecule has 1 amide bonds. The third-order valence-corrected chi connectivity index (χ3v) is 5.83. The Morgan fingerprint density at radius 2 is 2.07 bits per heavy atom. The summed E-state index contributed by atoms with van der Waals surface area (Å²) in [4.78, 5) is 33.9. The van der Waals surface area contributed by atoms with E-state index in [4.69, 9.17) is 0 Å². The average Bonchev–Trinajstić information content (AvgIpc) is 3.09. The van der Waals surface area contributed by atoms with Crippen LogP contribution >= 0.6 is 0 Å². The van der Waals surface area contributed by atoms with Crippen LogP contribution in [0.3, 0.4) is 0 Å². The standard InChI is InChI=1S/C23H24FN3O3/c1-14-5-6-19-20(9-14)26-21(25-19)11-17-13-27(8-7-15(17)12-22(28)29)23(30)16-3-2-4-18(24)10-16/h2-6,9-10,15,17H,7-8,11-13H2,1H3,(H,25,26)(H,28,29). The van der Waals surface area contributed by atoms with Gasteiger partial charge in [-0.1, -0.05) is 12.1 Å². The first-order valence-corrected chi connectivity index (χ1v) is 10.1. The average molecular weight is 409 g/mol. The van der Waals surface area contributed by atoms with Gasteiger partial charge in [0.15, 0.2) is 0 Å². The van der Waals surface area contributed by atoms with Crippen molar-refractivity contribution in [1.29, 1.82) is 0 Å². The number of aliphatic carboxylic acids is 1. The Hall–Kier alpha value is -3.22. The van der Waals surface area contributed by atoms with Crippen molar-refractivity contribution in [2.45, 2.75) is 26.2 Å². The number of likely N-dealkylation sites (tertiary alicyclic amines) is 1. The minimum absolute atomic E-state index is 0.0472. The number of amides is 1. The number of aryl methyl sites for hydroxylation is 1. The van der Waals surface area contributed by atoms with Crippen LogP contribution < -0.4 is 0 Å². The van der Waals surface area contributed by atoms with Crippen molar-refractivity contribution >= 4 is 22.9 Å². The van der Waals surface area contributed by atoms with Crippen LogP contribution in [-0.2, 0) is 11.2 Å². The molecule has 156 valence electrons. The summed E-state index contributed by atoms with van der Waals surface area (Å²) >= 11 is 0. The molecular weight excluding hydrogens is 385 g/mol. The fraction of sp³-hybridized carbons (Fsp3) is 0.348. The second-order valence-corrected chi connectivity index (χ2v) is 8.08. The van der Waals surface area contributed by atoms with Gasteiger partial charge in [0, 0.05) is 31.5 Å². The highest BCUT2D eigenvalue weighted by Gasteiger charge is 2.33. The molecule has 1 aromatic heterocycles. The monoisotopic (exact) mass is 409 g/mol. The molecule has 2 aromatic carbocycles. The topological polar surface area (TPSA) is 86.3 Å². The molecule has 2 N–H and O–H groups in total. The van der Waals surface area contributed by atoms with E-state index in [-0.39, 0.29) is 24.2 Å². The Morgan fingerprint density at radius 1 is 1.23 bits per heavy atom. The van der Waals surface area contributed by atoms with Crippen molar-refractivity contribution < 1.29 is 19.1 Å². The third kappa shape index (κ3) is 4.35. The van der Waals surface area contributed by atoms with Crippen LogP contribution in [0.15, 0.2) is 42.5 Å². The number of carbonyl (C=O) groups is 2. The molecule has 0 saturated carbocycles. The highest BCUT2D eigenvalue weighted by molar-refractivity contribution is 5.94. The summed E-state index contributed by atoms with van der Waals surface area (Å²) in [6, 6.07) is 11.7. The minimum Gasteiger partial charge on any atom is -0.481 e. The quantitative estimate of drug-likeness (QED) is 0.671. The van der Waals surface area contributed by atoms with Crippen LogP contribution in [0.2, 0.25) is 0 Å². The van der Waals surface area contributed by atoms with Gasteiger partial charge < -0.3 is 15.0 Å². The van der Waals surface area contributed by atoms with Gasteiger partial charge in [0.1, 0.15) is 11.6 Å². The molecule has 1 aliphatic rings. The van der Waals surface area contributed by atoms with Crippen molar-refractivity contribution in [3.63, 3.8) is 0 Å². The third-order valence-electron chi connectivity index (χ3n) is 5.83. The van der Waals surface area contributed by atoms with Crippen molar-refractivity contribution in [1.82, 2.24) is 14.9 Å². The van der Waals surface area contributed by atoms with Gasteiger partial charge in [-0.3, -0.25) is 9.59 Å². The van der Waals surface area contributed by atoms with E-state index in [1.165, 1.54) is 18.2 Å². The molecule has 2 unspecified atom stereocenters. The molecule has 6 nitrogen and oxygen atoms in total. The summed E-state index contributed by atoms with van der Waals surface area (Å²) in [5.41, 5.74) is 3.26. The van der Waals surface area contributed by atoms with E-state index in [9.17, 15) is 19.1 Å². The maximum absolute atomic E-state index is 13.5. The molecular formula is C23H24FN3O3.